The maximum atomic E-state index is 5.51. The van der Waals surface area contributed by atoms with Crippen molar-refractivity contribution in [1.82, 2.24) is 4.98 Å². The van der Waals surface area contributed by atoms with E-state index in [2.05, 4.69) is 32.9 Å². The predicted octanol–water partition coefficient (Wildman–Crippen LogP) is 2.72. The zero-order valence-electron chi connectivity index (χ0n) is 10.9. The van der Waals surface area contributed by atoms with Crippen LogP contribution in [0.2, 0.25) is 0 Å². The van der Waals surface area contributed by atoms with E-state index in [-0.39, 0.29) is 0 Å². The number of nitrogens with zero attached hydrogens (tertiary/aromatic N) is 2. The molecule has 100 valence electrons. The molecule has 0 bridgehead atoms. The first-order chi connectivity index (χ1) is 8.70. The van der Waals surface area contributed by atoms with Crippen molar-refractivity contribution in [2.24, 2.45) is 5.92 Å². The van der Waals surface area contributed by atoms with Crippen molar-refractivity contribution in [3.63, 3.8) is 0 Å². The number of anilines is 1. The number of halogens is 1. The van der Waals surface area contributed by atoms with Gasteiger partial charge in [-0.3, -0.25) is 0 Å². The van der Waals surface area contributed by atoms with Gasteiger partial charge in [0.15, 0.2) is 0 Å². The van der Waals surface area contributed by atoms with Crippen LogP contribution < -0.4 is 9.64 Å². The van der Waals surface area contributed by atoms with Crippen LogP contribution in [0.4, 0.5) is 5.82 Å². The SMILES string of the molecule is COc1cnc(N(C)C[C@H]2CCCOC2)c(Br)c1. The molecule has 0 aromatic carbocycles. The van der Waals surface area contributed by atoms with E-state index in [4.69, 9.17) is 9.47 Å². The zero-order valence-corrected chi connectivity index (χ0v) is 12.4. The van der Waals surface area contributed by atoms with E-state index in [0.29, 0.717) is 5.92 Å². The molecular formula is C13H19BrN2O2. The normalized spacial score (nSPS) is 19.6. The Morgan fingerprint density at radius 3 is 3.06 bits per heavy atom. The van der Waals surface area contributed by atoms with Crippen LogP contribution in [0.3, 0.4) is 0 Å². The Labute approximate surface area is 116 Å². The Morgan fingerprint density at radius 1 is 1.61 bits per heavy atom. The first-order valence-electron chi connectivity index (χ1n) is 6.19. The monoisotopic (exact) mass is 314 g/mol. The lowest BCUT2D eigenvalue weighted by Crippen LogP contribution is -2.31. The molecule has 0 N–H and O–H groups in total. The molecule has 0 amide bonds. The first kappa shape index (κ1) is 13.6. The van der Waals surface area contributed by atoms with Crippen molar-refractivity contribution in [2.75, 3.05) is 38.8 Å². The van der Waals surface area contributed by atoms with Gasteiger partial charge < -0.3 is 14.4 Å². The summed E-state index contributed by atoms with van der Waals surface area (Å²) in [5.41, 5.74) is 0. The van der Waals surface area contributed by atoms with Crippen molar-refractivity contribution in [3.05, 3.63) is 16.7 Å². The third-order valence-electron chi connectivity index (χ3n) is 3.18. The van der Waals surface area contributed by atoms with E-state index < -0.39 is 0 Å². The van der Waals surface area contributed by atoms with Gasteiger partial charge in [-0.1, -0.05) is 0 Å². The Hall–Kier alpha value is -0.810. The van der Waals surface area contributed by atoms with Gasteiger partial charge in [-0.25, -0.2) is 4.98 Å². The molecule has 4 nitrogen and oxygen atoms in total. The molecule has 1 fully saturated rings. The molecule has 0 spiro atoms. The minimum Gasteiger partial charge on any atom is -0.495 e. The lowest BCUT2D eigenvalue weighted by atomic mass is 10.0. The third kappa shape index (κ3) is 3.36. The molecule has 2 rings (SSSR count). The number of hydrogen-bond acceptors (Lipinski definition) is 4. The number of pyridine rings is 1. The van der Waals surface area contributed by atoms with Crippen molar-refractivity contribution in [1.29, 1.82) is 0 Å². The lowest BCUT2D eigenvalue weighted by Gasteiger charge is -2.28. The van der Waals surface area contributed by atoms with Crippen LogP contribution >= 0.6 is 15.9 Å². The summed E-state index contributed by atoms with van der Waals surface area (Å²) >= 11 is 3.54. The largest absolute Gasteiger partial charge is 0.495 e. The van der Waals surface area contributed by atoms with Crippen molar-refractivity contribution < 1.29 is 9.47 Å². The van der Waals surface area contributed by atoms with Crippen LogP contribution in [0.5, 0.6) is 5.75 Å². The molecule has 1 atom stereocenters. The van der Waals surface area contributed by atoms with Crippen LogP contribution in [-0.4, -0.2) is 38.9 Å². The van der Waals surface area contributed by atoms with Gasteiger partial charge in [0, 0.05) is 20.2 Å². The molecular weight excluding hydrogens is 296 g/mol. The van der Waals surface area contributed by atoms with E-state index in [1.54, 1.807) is 13.3 Å². The Kier molecular flexibility index (Phi) is 4.83. The van der Waals surface area contributed by atoms with Gasteiger partial charge in [-0.05, 0) is 40.8 Å². The summed E-state index contributed by atoms with van der Waals surface area (Å²) < 4.78 is 11.6. The van der Waals surface area contributed by atoms with E-state index in [0.717, 1.165) is 42.2 Å². The summed E-state index contributed by atoms with van der Waals surface area (Å²) in [6, 6.07) is 1.94. The number of methoxy groups -OCH3 is 1. The van der Waals surface area contributed by atoms with Crippen molar-refractivity contribution in [3.8, 4) is 5.75 Å². The second-order valence-electron chi connectivity index (χ2n) is 4.64. The van der Waals surface area contributed by atoms with Crippen molar-refractivity contribution in [2.45, 2.75) is 12.8 Å². The summed E-state index contributed by atoms with van der Waals surface area (Å²) in [7, 11) is 3.71. The average Bonchev–Trinajstić information content (AvgIpc) is 2.39. The minimum absolute atomic E-state index is 0.597. The van der Waals surface area contributed by atoms with Gasteiger partial charge >= 0.3 is 0 Å². The number of rotatable bonds is 4. The zero-order chi connectivity index (χ0) is 13.0. The maximum Gasteiger partial charge on any atom is 0.142 e. The number of aromatic nitrogens is 1. The number of hydrogen-bond donors (Lipinski definition) is 0. The molecule has 0 saturated carbocycles. The van der Waals surface area contributed by atoms with Gasteiger partial charge in [0.25, 0.3) is 0 Å². The molecule has 0 aliphatic carbocycles. The average molecular weight is 315 g/mol. The fourth-order valence-electron chi connectivity index (χ4n) is 2.23. The summed E-state index contributed by atoms with van der Waals surface area (Å²) in [5, 5.41) is 0. The van der Waals surface area contributed by atoms with Gasteiger partial charge in [-0.2, -0.15) is 0 Å². The summed E-state index contributed by atoms with van der Waals surface area (Å²) in [5.74, 6) is 2.31. The molecule has 1 aromatic heterocycles. The molecule has 0 unspecified atom stereocenters. The predicted molar refractivity (Wildman–Crippen MR) is 75.3 cm³/mol. The first-order valence-corrected chi connectivity index (χ1v) is 6.98. The lowest BCUT2D eigenvalue weighted by molar-refractivity contribution is 0.0576. The van der Waals surface area contributed by atoms with Crippen LogP contribution in [0.15, 0.2) is 16.7 Å². The topological polar surface area (TPSA) is 34.6 Å². The second kappa shape index (κ2) is 6.38. The van der Waals surface area contributed by atoms with E-state index in [1.165, 1.54) is 6.42 Å². The molecule has 1 aliphatic heterocycles. The van der Waals surface area contributed by atoms with Crippen LogP contribution in [-0.2, 0) is 4.74 Å². The second-order valence-corrected chi connectivity index (χ2v) is 5.50. The quantitative estimate of drug-likeness (QED) is 0.856. The summed E-state index contributed by atoms with van der Waals surface area (Å²) in [6.45, 7) is 2.74. The highest BCUT2D eigenvalue weighted by atomic mass is 79.9. The highest BCUT2D eigenvalue weighted by Gasteiger charge is 2.18. The van der Waals surface area contributed by atoms with Gasteiger partial charge in [-0.15, -0.1) is 0 Å². The van der Waals surface area contributed by atoms with Gasteiger partial charge in [0.2, 0.25) is 0 Å². The van der Waals surface area contributed by atoms with Gasteiger partial charge in [0.1, 0.15) is 11.6 Å². The van der Waals surface area contributed by atoms with E-state index >= 15 is 0 Å². The molecule has 18 heavy (non-hydrogen) atoms. The minimum atomic E-state index is 0.597. The Balaban J connectivity index is 2.01. The molecule has 5 heteroatoms. The smallest absolute Gasteiger partial charge is 0.142 e. The van der Waals surface area contributed by atoms with Crippen LogP contribution in [0.1, 0.15) is 12.8 Å². The van der Waals surface area contributed by atoms with Gasteiger partial charge in [0.05, 0.1) is 24.4 Å². The van der Waals surface area contributed by atoms with E-state index in [9.17, 15) is 0 Å². The summed E-state index contributed by atoms with van der Waals surface area (Å²) in [6.07, 6.45) is 4.14. The Bertz CT molecular complexity index is 395. The molecule has 0 radical (unpaired) electrons. The van der Waals surface area contributed by atoms with Crippen LogP contribution in [0, 0.1) is 5.92 Å². The van der Waals surface area contributed by atoms with E-state index in [1.807, 2.05) is 6.07 Å². The van der Waals surface area contributed by atoms with Crippen LogP contribution in [0.25, 0.3) is 0 Å². The number of ether oxygens (including phenoxy) is 2. The van der Waals surface area contributed by atoms with Crippen molar-refractivity contribution >= 4 is 21.7 Å². The maximum absolute atomic E-state index is 5.51. The summed E-state index contributed by atoms with van der Waals surface area (Å²) in [4.78, 5) is 6.60. The fourth-order valence-corrected chi connectivity index (χ4v) is 2.86. The molecule has 1 saturated heterocycles. The molecule has 2 heterocycles. The third-order valence-corrected chi connectivity index (χ3v) is 3.76. The molecule has 1 aromatic rings. The Morgan fingerprint density at radius 2 is 2.44 bits per heavy atom. The standard InChI is InChI=1S/C13H19BrN2O2/c1-16(8-10-4-3-5-18-9-10)13-12(14)6-11(17-2)7-15-13/h6-7,10H,3-5,8-9H2,1-2H3/t10-/m1/s1. The highest BCUT2D eigenvalue weighted by Crippen LogP contribution is 2.28. The fraction of sp³-hybridized carbons (Fsp3) is 0.615. The highest BCUT2D eigenvalue weighted by molar-refractivity contribution is 9.10. The molecule has 1 aliphatic rings.